The van der Waals surface area contributed by atoms with Crippen LogP contribution in [0.4, 0.5) is 9.59 Å². The minimum Gasteiger partial charge on any atom is -0.463 e. The number of hydrogen-bond acceptors (Lipinski definition) is 5. The lowest BCUT2D eigenvalue weighted by Crippen LogP contribution is -2.59. The maximum Gasteiger partial charge on any atom is 0.338 e. The number of amides is 4. The number of halogens is 2. The molecule has 2 aliphatic rings. The molecule has 3 rings (SSSR count). The zero-order valence-corrected chi connectivity index (χ0v) is 24.2. The number of esters is 1. The molecule has 0 radical (unpaired) electrons. The molecule has 2 heterocycles. The van der Waals surface area contributed by atoms with Crippen molar-refractivity contribution in [2.75, 3.05) is 39.3 Å². The molecule has 4 amide bonds. The second-order valence-corrected chi connectivity index (χ2v) is 11.3. The van der Waals surface area contributed by atoms with Crippen LogP contribution in [0.2, 0.25) is 10.0 Å². The van der Waals surface area contributed by atoms with E-state index in [1.165, 1.54) is 4.90 Å². The molecule has 0 unspecified atom stereocenters. The van der Waals surface area contributed by atoms with E-state index in [1.807, 2.05) is 32.6 Å². The van der Waals surface area contributed by atoms with Crippen LogP contribution in [0, 0.1) is 0 Å². The Kier molecular flexibility index (Phi) is 9.73. The van der Waals surface area contributed by atoms with Gasteiger partial charge in [0.05, 0.1) is 18.2 Å². The lowest BCUT2D eigenvalue weighted by atomic mass is 9.93. The molecule has 1 aromatic rings. The van der Waals surface area contributed by atoms with Gasteiger partial charge >= 0.3 is 18.0 Å². The van der Waals surface area contributed by atoms with Crippen LogP contribution in [0.1, 0.15) is 46.2 Å². The van der Waals surface area contributed by atoms with Crippen LogP contribution in [-0.4, -0.2) is 83.6 Å². The van der Waals surface area contributed by atoms with Crippen LogP contribution >= 0.6 is 23.2 Å². The number of carbonyl (C=O) groups excluding carboxylic acids is 3. The lowest BCUT2D eigenvalue weighted by Gasteiger charge is -2.43. The first-order valence-corrected chi connectivity index (χ1v) is 13.5. The Morgan fingerprint density at radius 2 is 1.97 bits per heavy atom. The second kappa shape index (κ2) is 12.4. The molecule has 38 heavy (non-hydrogen) atoms. The number of hydrogen-bond donors (Lipinski definition) is 2. The van der Waals surface area contributed by atoms with E-state index in [0.29, 0.717) is 53.1 Å². The van der Waals surface area contributed by atoms with Crippen LogP contribution in [-0.2, 0) is 9.53 Å². The molecule has 1 aromatic carbocycles. The van der Waals surface area contributed by atoms with Gasteiger partial charge in [-0.2, -0.15) is 0 Å². The summed E-state index contributed by atoms with van der Waals surface area (Å²) in [5.41, 5.74) is 1.02. The zero-order valence-electron chi connectivity index (χ0n) is 22.6. The molecular formula is C27H37Cl2N5O4. The van der Waals surface area contributed by atoms with Crippen molar-refractivity contribution >= 4 is 41.2 Å². The summed E-state index contributed by atoms with van der Waals surface area (Å²) in [4.78, 5) is 44.9. The summed E-state index contributed by atoms with van der Waals surface area (Å²) in [5, 5.41) is 6.70. The Morgan fingerprint density at radius 1 is 1.26 bits per heavy atom. The van der Waals surface area contributed by atoms with Crippen molar-refractivity contribution in [3.8, 4) is 0 Å². The van der Waals surface area contributed by atoms with Gasteiger partial charge in [0.15, 0.2) is 0 Å². The van der Waals surface area contributed by atoms with Gasteiger partial charge in [0.25, 0.3) is 0 Å². The fourth-order valence-corrected chi connectivity index (χ4v) is 5.21. The van der Waals surface area contributed by atoms with E-state index in [-0.39, 0.29) is 36.8 Å². The normalized spacial score (nSPS) is 20.8. The molecule has 2 atom stereocenters. The summed E-state index contributed by atoms with van der Waals surface area (Å²) < 4.78 is 5.44. The number of benzene rings is 1. The highest BCUT2D eigenvalue weighted by atomic mass is 35.5. The van der Waals surface area contributed by atoms with Crippen LogP contribution < -0.4 is 10.6 Å². The molecule has 11 heteroatoms. The van der Waals surface area contributed by atoms with E-state index >= 15 is 0 Å². The van der Waals surface area contributed by atoms with Gasteiger partial charge in [-0.3, -0.25) is 9.80 Å². The molecule has 0 aliphatic carbocycles. The summed E-state index contributed by atoms with van der Waals surface area (Å²) in [6.45, 7) is 15.7. The number of nitrogens with zero attached hydrogens (tertiary/aromatic N) is 3. The highest BCUT2D eigenvalue weighted by molar-refractivity contribution is 6.35. The van der Waals surface area contributed by atoms with Gasteiger partial charge in [0, 0.05) is 60.0 Å². The van der Waals surface area contributed by atoms with Crippen LogP contribution in [0.3, 0.4) is 0 Å². The van der Waals surface area contributed by atoms with E-state index in [0.717, 1.165) is 0 Å². The Labute approximate surface area is 234 Å². The molecular weight excluding hydrogens is 529 g/mol. The van der Waals surface area contributed by atoms with Gasteiger partial charge in [-0.05, 0) is 52.3 Å². The van der Waals surface area contributed by atoms with Gasteiger partial charge < -0.3 is 20.3 Å². The Bertz CT molecular complexity index is 1120. The molecule has 2 aliphatic heterocycles. The third-order valence-corrected chi connectivity index (χ3v) is 6.91. The number of urea groups is 2. The minimum absolute atomic E-state index is 0.0791. The van der Waals surface area contributed by atoms with E-state index in [2.05, 4.69) is 22.1 Å². The largest absolute Gasteiger partial charge is 0.463 e. The van der Waals surface area contributed by atoms with Gasteiger partial charge in [0.2, 0.25) is 0 Å². The van der Waals surface area contributed by atoms with Crippen LogP contribution in [0.25, 0.3) is 0 Å². The predicted molar refractivity (Wildman–Crippen MR) is 149 cm³/mol. The van der Waals surface area contributed by atoms with Crippen molar-refractivity contribution < 1.29 is 19.1 Å². The van der Waals surface area contributed by atoms with Gasteiger partial charge in [-0.1, -0.05) is 35.3 Å². The number of carbonyl (C=O) groups is 3. The first kappa shape index (κ1) is 29.8. The van der Waals surface area contributed by atoms with E-state index in [4.69, 9.17) is 27.9 Å². The van der Waals surface area contributed by atoms with Crippen molar-refractivity contribution in [2.24, 2.45) is 0 Å². The smallest absolute Gasteiger partial charge is 0.338 e. The van der Waals surface area contributed by atoms with Gasteiger partial charge in [-0.15, -0.1) is 6.58 Å². The lowest BCUT2D eigenvalue weighted by molar-refractivity contribution is -0.139. The molecule has 0 bridgehead atoms. The fraction of sp³-hybridized carbons (Fsp3) is 0.519. The van der Waals surface area contributed by atoms with Gasteiger partial charge in [0.1, 0.15) is 0 Å². The van der Waals surface area contributed by atoms with Crippen molar-refractivity contribution in [1.29, 1.82) is 0 Å². The topological polar surface area (TPSA) is 94.2 Å². The minimum atomic E-state index is -0.821. The highest BCUT2D eigenvalue weighted by Gasteiger charge is 2.40. The second-order valence-electron chi connectivity index (χ2n) is 10.5. The number of nitrogens with one attached hydrogen (secondary N) is 2. The van der Waals surface area contributed by atoms with Crippen molar-refractivity contribution in [2.45, 2.75) is 52.2 Å². The zero-order chi connectivity index (χ0) is 28.2. The average Bonchev–Trinajstić information content (AvgIpc) is 2.80. The predicted octanol–water partition coefficient (Wildman–Crippen LogP) is 4.58. The standard InChI is InChI=1S/C27H37Cl2N5O4/c1-7-11-34-21(16-32-12-13-33(17(3)15-32)26(37)31-27(4,5)6)22(24(35)38-8-2)23(30-25(34)36)19-10-9-18(28)14-20(19)29/h7,9-10,14,17,23H,1,8,11-13,15-16H2,2-6H3,(H,30,36)(H,31,37)/t17-,23-/m0/s1. The van der Waals surface area contributed by atoms with E-state index in [9.17, 15) is 14.4 Å². The molecule has 2 N–H and O–H groups in total. The summed E-state index contributed by atoms with van der Waals surface area (Å²) in [5.74, 6) is -0.538. The average molecular weight is 567 g/mol. The molecule has 208 valence electrons. The summed E-state index contributed by atoms with van der Waals surface area (Å²) in [6.07, 6.45) is 1.61. The molecule has 1 fully saturated rings. The maximum atomic E-state index is 13.4. The monoisotopic (exact) mass is 565 g/mol. The number of piperazine rings is 1. The van der Waals surface area contributed by atoms with Crippen molar-refractivity contribution in [1.82, 2.24) is 25.3 Å². The number of ether oxygens (including phenoxy) is 1. The third-order valence-electron chi connectivity index (χ3n) is 6.35. The molecule has 0 saturated carbocycles. The quantitative estimate of drug-likeness (QED) is 0.373. The third kappa shape index (κ3) is 7.01. The van der Waals surface area contributed by atoms with Crippen LogP contribution in [0.15, 0.2) is 42.1 Å². The summed E-state index contributed by atoms with van der Waals surface area (Å²) >= 11 is 12.6. The van der Waals surface area contributed by atoms with Crippen LogP contribution in [0.5, 0.6) is 0 Å². The van der Waals surface area contributed by atoms with Crippen molar-refractivity contribution in [3.63, 3.8) is 0 Å². The number of rotatable bonds is 7. The Hall–Kier alpha value is -2.75. The van der Waals surface area contributed by atoms with Crippen molar-refractivity contribution in [3.05, 3.63) is 57.7 Å². The fourth-order valence-electron chi connectivity index (χ4n) is 4.70. The first-order chi connectivity index (χ1) is 17.9. The first-order valence-electron chi connectivity index (χ1n) is 12.7. The van der Waals surface area contributed by atoms with Gasteiger partial charge in [-0.25, -0.2) is 14.4 Å². The highest BCUT2D eigenvalue weighted by Crippen LogP contribution is 2.36. The Morgan fingerprint density at radius 3 is 2.55 bits per heavy atom. The SMILES string of the molecule is C=CCN1C(=O)N[C@@H](c2ccc(Cl)cc2Cl)C(C(=O)OCC)=C1CN1CCN(C(=O)NC(C)(C)C)[C@@H](C)C1. The van der Waals surface area contributed by atoms with E-state index in [1.54, 1.807) is 31.2 Å². The summed E-state index contributed by atoms with van der Waals surface area (Å²) in [6, 6.07) is 3.55. The molecule has 1 saturated heterocycles. The molecule has 0 spiro atoms. The molecule has 9 nitrogen and oxygen atoms in total. The maximum absolute atomic E-state index is 13.4. The van der Waals surface area contributed by atoms with E-state index < -0.39 is 12.0 Å². The Balaban J connectivity index is 1.99. The molecule has 0 aromatic heterocycles. The summed E-state index contributed by atoms with van der Waals surface area (Å²) in [7, 11) is 0.